The predicted octanol–water partition coefficient (Wildman–Crippen LogP) is 3.89. The molecule has 0 radical (unpaired) electrons. The zero-order valence-corrected chi connectivity index (χ0v) is 14.2. The summed E-state index contributed by atoms with van der Waals surface area (Å²) in [6, 6.07) is 16.9. The second-order valence-electron chi connectivity index (χ2n) is 6.00. The molecular formula is C19H19ClN2O2. The number of rotatable bonds is 4. The summed E-state index contributed by atoms with van der Waals surface area (Å²) < 4.78 is 0. The standard InChI is InChI=1S/C19H19ClN2O2/c1-13(14-7-3-2-4-8-14)22-12-15(11-18(22)23)19(24)21-17-10-6-5-9-16(17)20/h2-10,13,15H,11-12H2,1H3,(H,21,24)/t13-,15-/m1/s1. The number of carbonyl (C=O) groups excluding carboxylic acids is 2. The highest BCUT2D eigenvalue weighted by molar-refractivity contribution is 6.33. The minimum atomic E-state index is -0.361. The minimum absolute atomic E-state index is 0.00524. The molecule has 1 N–H and O–H groups in total. The number of nitrogens with zero attached hydrogens (tertiary/aromatic N) is 1. The van der Waals surface area contributed by atoms with Crippen molar-refractivity contribution in [2.45, 2.75) is 19.4 Å². The first kappa shape index (κ1) is 16.5. The zero-order valence-electron chi connectivity index (χ0n) is 13.4. The summed E-state index contributed by atoms with van der Waals surface area (Å²) in [5, 5.41) is 3.31. The third kappa shape index (κ3) is 3.44. The molecule has 4 nitrogen and oxygen atoms in total. The number of hydrogen-bond acceptors (Lipinski definition) is 2. The van der Waals surface area contributed by atoms with Gasteiger partial charge in [-0.15, -0.1) is 0 Å². The average Bonchev–Trinajstić information content (AvgIpc) is 2.99. The highest BCUT2D eigenvalue weighted by Crippen LogP contribution is 2.29. The van der Waals surface area contributed by atoms with Crippen molar-refractivity contribution in [1.82, 2.24) is 4.90 Å². The maximum Gasteiger partial charge on any atom is 0.229 e. The summed E-state index contributed by atoms with van der Waals surface area (Å²) in [4.78, 5) is 26.6. The molecule has 0 bridgehead atoms. The Balaban J connectivity index is 1.68. The number of hydrogen-bond donors (Lipinski definition) is 1. The Morgan fingerprint density at radius 2 is 1.83 bits per heavy atom. The lowest BCUT2D eigenvalue weighted by atomic mass is 10.1. The van der Waals surface area contributed by atoms with Crippen LogP contribution in [0.2, 0.25) is 5.02 Å². The molecule has 24 heavy (non-hydrogen) atoms. The zero-order chi connectivity index (χ0) is 17.1. The Bertz CT molecular complexity index is 748. The largest absolute Gasteiger partial charge is 0.335 e. The van der Waals surface area contributed by atoms with Gasteiger partial charge < -0.3 is 10.2 Å². The summed E-state index contributed by atoms with van der Waals surface area (Å²) in [6.45, 7) is 2.41. The SMILES string of the molecule is C[C@H](c1ccccc1)N1C[C@H](C(=O)Nc2ccccc2Cl)CC1=O. The lowest BCUT2D eigenvalue weighted by Gasteiger charge is -2.25. The van der Waals surface area contributed by atoms with Gasteiger partial charge >= 0.3 is 0 Å². The van der Waals surface area contributed by atoms with Crippen LogP contribution in [0.1, 0.15) is 24.9 Å². The molecule has 1 aliphatic rings. The van der Waals surface area contributed by atoms with Gasteiger partial charge in [0.05, 0.1) is 22.7 Å². The van der Waals surface area contributed by atoms with Gasteiger partial charge in [0.2, 0.25) is 11.8 Å². The molecule has 2 aromatic rings. The van der Waals surface area contributed by atoms with Crippen LogP contribution >= 0.6 is 11.6 Å². The molecule has 1 aliphatic heterocycles. The maximum atomic E-state index is 12.5. The average molecular weight is 343 g/mol. The van der Waals surface area contributed by atoms with Gasteiger partial charge in [-0.2, -0.15) is 0 Å². The molecule has 1 heterocycles. The number of amides is 2. The Kier molecular flexibility index (Phi) is 4.86. The Morgan fingerprint density at radius 1 is 1.17 bits per heavy atom. The number of likely N-dealkylation sites (tertiary alicyclic amines) is 1. The molecule has 5 heteroatoms. The van der Waals surface area contributed by atoms with Crippen LogP contribution in [0.3, 0.4) is 0 Å². The van der Waals surface area contributed by atoms with Crippen LogP contribution in [0.25, 0.3) is 0 Å². The molecule has 0 unspecified atom stereocenters. The summed E-state index contributed by atoms with van der Waals surface area (Å²) in [5.74, 6) is -0.523. The first-order chi connectivity index (χ1) is 11.6. The van der Waals surface area contributed by atoms with Crippen LogP contribution < -0.4 is 5.32 Å². The van der Waals surface area contributed by atoms with Crippen molar-refractivity contribution in [3.63, 3.8) is 0 Å². The number of para-hydroxylation sites is 1. The van der Waals surface area contributed by atoms with Crippen LogP contribution in [0.4, 0.5) is 5.69 Å². The van der Waals surface area contributed by atoms with Gasteiger partial charge in [0, 0.05) is 13.0 Å². The molecule has 0 aromatic heterocycles. The Labute approximate surface area is 146 Å². The summed E-state index contributed by atoms with van der Waals surface area (Å²) in [7, 11) is 0. The summed E-state index contributed by atoms with van der Waals surface area (Å²) in [6.07, 6.45) is 0.230. The molecule has 2 amide bonds. The van der Waals surface area contributed by atoms with E-state index in [2.05, 4.69) is 5.32 Å². The molecule has 2 aromatic carbocycles. The fourth-order valence-corrected chi connectivity index (χ4v) is 3.17. The number of benzene rings is 2. The van der Waals surface area contributed by atoms with Crippen LogP contribution in [0.5, 0.6) is 0 Å². The molecule has 124 valence electrons. The van der Waals surface area contributed by atoms with Crippen LogP contribution in [-0.4, -0.2) is 23.3 Å². The van der Waals surface area contributed by atoms with Crippen molar-refractivity contribution < 1.29 is 9.59 Å². The molecule has 1 saturated heterocycles. The van der Waals surface area contributed by atoms with Gasteiger partial charge in [-0.25, -0.2) is 0 Å². The molecule has 3 rings (SSSR count). The van der Waals surface area contributed by atoms with E-state index in [-0.39, 0.29) is 30.2 Å². The molecular weight excluding hydrogens is 324 g/mol. The van der Waals surface area contributed by atoms with Gasteiger partial charge in [-0.3, -0.25) is 9.59 Å². The van der Waals surface area contributed by atoms with E-state index in [1.807, 2.05) is 43.3 Å². The summed E-state index contributed by atoms with van der Waals surface area (Å²) in [5.41, 5.74) is 1.64. The van der Waals surface area contributed by atoms with Crippen molar-refractivity contribution >= 4 is 29.1 Å². The lowest BCUT2D eigenvalue weighted by molar-refractivity contribution is -0.129. The van der Waals surface area contributed by atoms with Crippen LogP contribution in [0.15, 0.2) is 54.6 Å². The van der Waals surface area contributed by atoms with Crippen LogP contribution in [0, 0.1) is 5.92 Å². The van der Waals surface area contributed by atoms with E-state index >= 15 is 0 Å². The molecule has 0 saturated carbocycles. The van der Waals surface area contributed by atoms with Crippen molar-refractivity contribution in [2.24, 2.45) is 5.92 Å². The van der Waals surface area contributed by atoms with Gasteiger partial charge in [0.25, 0.3) is 0 Å². The van der Waals surface area contributed by atoms with E-state index < -0.39 is 0 Å². The molecule has 2 atom stereocenters. The van der Waals surface area contributed by atoms with E-state index in [4.69, 9.17) is 11.6 Å². The third-order valence-electron chi connectivity index (χ3n) is 4.41. The topological polar surface area (TPSA) is 49.4 Å². The number of nitrogens with one attached hydrogen (secondary N) is 1. The van der Waals surface area contributed by atoms with Crippen molar-refractivity contribution in [3.8, 4) is 0 Å². The smallest absolute Gasteiger partial charge is 0.229 e. The second-order valence-corrected chi connectivity index (χ2v) is 6.41. The number of halogens is 1. The van der Waals surface area contributed by atoms with Crippen LogP contribution in [-0.2, 0) is 9.59 Å². The molecule has 0 spiro atoms. The molecule has 0 aliphatic carbocycles. The van der Waals surface area contributed by atoms with Crippen molar-refractivity contribution in [2.75, 3.05) is 11.9 Å². The highest BCUT2D eigenvalue weighted by Gasteiger charge is 2.37. The van der Waals surface area contributed by atoms with Gasteiger partial charge in [0.1, 0.15) is 0 Å². The maximum absolute atomic E-state index is 12.5. The van der Waals surface area contributed by atoms with Gasteiger partial charge in [0.15, 0.2) is 0 Å². The normalized spacial score (nSPS) is 18.5. The number of anilines is 1. The lowest BCUT2D eigenvalue weighted by Crippen LogP contribution is -2.30. The quantitative estimate of drug-likeness (QED) is 0.916. The first-order valence-corrected chi connectivity index (χ1v) is 8.34. The van der Waals surface area contributed by atoms with Crippen molar-refractivity contribution in [3.05, 3.63) is 65.2 Å². The van der Waals surface area contributed by atoms with E-state index in [1.54, 1.807) is 23.1 Å². The fraction of sp³-hybridized carbons (Fsp3) is 0.263. The first-order valence-electron chi connectivity index (χ1n) is 7.96. The third-order valence-corrected chi connectivity index (χ3v) is 4.74. The fourth-order valence-electron chi connectivity index (χ4n) is 2.99. The summed E-state index contributed by atoms with van der Waals surface area (Å²) >= 11 is 6.07. The van der Waals surface area contributed by atoms with E-state index in [0.717, 1.165) is 5.56 Å². The molecule has 1 fully saturated rings. The Morgan fingerprint density at radius 3 is 2.54 bits per heavy atom. The van der Waals surface area contributed by atoms with Gasteiger partial charge in [-0.1, -0.05) is 54.1 Å². The van der Waals surface area contributed by atoms with E-state index in [1.165, 1.54) is 0 Å². The predicted molar refractivity (Wildman–Crippen MR) is 94.8 cm³/mol. The highest BCUT2D eigenvalue weighted by atomic mass is 35.5. The van der Waals surface area contributed by atoms with E-state index in [0.29, 0.717) is 17.3 Å². The second kappa shape index (κ2) is 7.05. The number of carbonyl (C=O) groups is 2. The minimum Gasteiger partial charge on any atom is -0.335 e. The monoisotopic (exact) mass is 342 g/mol. The van der Waals surface area contributed by atoms with E-state index in [9.17, 15) is 9.59 Å². The van der Waals surface area contributed by atoms with Gasteiger partial charge in [-0.05, 0) is 24.6 Å². The Hall–Kier alpha value is -2.33. The van der Waals surface area contributed by atoms with Crippen molar-refractivity contribution in [1.29, 1.82) is 0 Å².